The molecule has 0 saturated heterocycles. The fraction of sp³-hybridized carbons (Fsp3) is 0.0952. The number of allylic oxidation sites excluding steroid dienone is 1. The Balaban J connectivity index is 1.67. The number of aromatic nitrogens is 4. The number of H-pyrrole nitrogens is 1. The maximum absolute atomic E-state index is 5.43. The standard InChI is InChI=1S/C21H16N4O/c1-2-5-15(6-3-1)21(16-7-4-10-22-12-16)9-8-17-18(11-21)24-25-20(17)19-13-23-14-26-19/h1-10,12-14H,11H2,(H,24,25). The van der Waals surface area contributed by atoms with Gasteiger partial charge in [-0.2, -0.15) is 5.10 Å². The van der Waals surface area contributed by atoms with Crippen molar-refractivity contribution < 1.29 is 4.42 Å². The van der Waals surface area contributed by atoms with Crippen molar-refractivity contribution in [2.75, 3.05) is 0 Å². The lowest BCUT2D eigenvalue weighted by atomic mass is 9.69. The molecule has 1 aromatic carbocycles. The average molecular weight is 340 g/mol. The molecule has 1 N–H and O–H groups in total. The summed E-state index contributed by atoms with van der Waals surface area (Å²) in [6, 6.07) is 14.6. The molecule has 1 aliphatic carbocycles. The number of fused-ring (bicyclic) bond motifs is 1. The van der Waals surface area contributed by atoms with Gasteiger partial charge < -0.3 is 4.42 Å². The van der Waals surface area contributed by atoms with Crippen molar-refractivity contribution in [3.63, 3.8) is 0 Å². The Bertz CT molecular complexity index is 1010. The third-order valence-electron chi connectivity index (χ3n) is 5.00. The minimum Gasteiger partial charge on any atom is -0.442 e. The van der Waals surface area contributed by atoms with E-state index < -0.39 is 0 Å². The summed E-state index contributed by atoms with van der Waals surface area (Å²) in [6.45, 7) is 0. The lowest BCUT2D eigenvalue weighted by Gasteiger charge is -2.34. The molecule has 126 valence electrons. The van der Waals surface area contributed by atoms with E-state index in [-0.39, 0.29) is 5.41 Å². The Hall–Kier alpha value is -3.47. The summed E-state index contributed by atoms with van der Waals surface area (Å²) in [6.07, 6.45) is 12.0. The number of nitrogens with one attached hydrogen (secondary N) is 1. The number of aromatic amines is 1. The van der Waals surface area contributed by atoms with E-state index in [2.05, 4.69) is 62.6 Å². The van der Waals surface area contributed by atoms with E-state index in [4.69, 9.17) is 4.42 Å². The fourth-order valence-corrected chi connectivity index (χ4v) is 3.71. The smallest absolute Gasteiger partial charge is 0.181 e. The zero-order chi connectivity index (χ0) is 17.4. The zero-order valence-corrected chi connectivity index (χ0v) is 14.0. The van der Waals surface area contributed by atoms with Crippen LogP contribution in [0.5, 0.6) is 0 Å². The van der Waals surface area contributed by atoms with E-state index in [1.165, 1.54) is 12.0 Å². The molecule has 3 aromatic heterocycles. The molecule has 0 fully saturated rings. The van der Waals surface area contributed by atoms with Gasteiger partial charge in [-0.3, -0.25) is 10.1 Å². The fourth-order valence-electron chi connectivity index (χ4n) is 3.71. The van der Waals surface area contributed by atoms with Gasteiger partial charge in [0.1, 0.15) is 5.69 Å². The maximum atomic E-state index is 5.43. The summed E-state index contributed by atoms with van der Waals surface area (Å²) >= 11 is 0. The predicted octanol–water partition coefficient (Wildman–Crippen LogP) is 4.02. The summed E-state index contributed by atoms with van der Waals surface area (Å²) in [7, 11) is 0. The van der Waals surface area contributed by atoms with Gasteiger partial charge >= 0.3 is 0 Å². The number of pyridine rings is 1. The minimum absolute atomic E-state index is 0.284. The molecule has 0 bridgehead atoms. The number of rotatable bonds is 3. The van der Waals surface area contributed by atoms with E-state index in [0.29, 0.717) is 5.76 Å². The molecule has 5 nitrogen and oxygen atoms in total. The molecule has 0 spiro atoms. The van der Waals surface area contributed by atoms with E-state index >= 15 is 0 Å². The van der Waals surface area contributed by atoms with E-state index in [1.54, 1.807) is 12.4 Å². The summed E-state index contributed by atoms with van der Waals surface area (Å²) in [5.41, 5.74) is 5.02. The quantitative estimate of drug-likeness (QED) is 0.612. The lowest BCUT2D eigenvalue weighted by molar-refractivity contribution is 0.569. The van der Waals surface area contributed by atoms with Crippen molar-refractivity contribution in [2.45, 2.75) is 11.8 Å². The third kappa shape index (κ3) is 2.21. The molecule has 0 aliphatic heterocycles. The van der Waals surface area contributed by atoms with Crippen LogP contribution in [0.3, 0.4) is 0 Å². The Kier molecular flexibility index (Phi) is 3.31. The molecule has 26 heavy (non-hydrogen) atoms. The normalized spacial score (nSPS) is 18.6. The first kappa shape index (κ1) is 14.8. The summed E-state index contributed by atoms with van der Waals surface area (Å²) in [4.78, 5) is 8.35. The monoisotopic (exact) mass is 340 g/mol. The molecule has 1 unspecified atom stereocenters. The first-order valence-electron chi connectivity index (χ1n) is 8.48. The predicted molar refractivity (Wildman–Crippen MR) is 98.3 cm³/mol. The number of oxazole rings is 1. The molecule has 0 radical (unpaired) electrons. The molecule has 5 rings (SSSR count). The molecular formula is C21H16N4O. The van der Waals surface area contributed by atoms with Crippen molar-refractivity contribution in [3.8, 4) is 11.5 Å². The summed E-state index contributed by atoms with van der Waals surface area (Å²) in [5.74, 6) is 0.667. The van der Waals surface area contributed by atoms with Gasteiger partial charge in [-0.25, -0.2) is 4.98 Å². The van der Waals surface area contributed by atoms with E-state index in [1.807, 2.05) is 18.3 Å². The second-order valence-corrected chi connectivity index (χ2v) is 6.42. The van der Waals surface area contributed by atoms with Gasteiger partial charge in [0.25, 0.3) is 0 Å². The van der Waals surface area contributed by atoms with Gasteiger partial charge in [0, 0.05) is 35.5 Å². The topological polar surface area (TPSA) is 67.6 Å². The van der Waals surface area contributed by atoms with Gasteiger partial charge in [0.05, 0.1) is 6.20 Å². The van der Waals surface area contributed by atoms with Crippen molar-refractivity contribution in [1.29, 1.82) is 0 Å². The van der Waals surface area contributed by atoms with Gasteiger partial charge in [-0.15, -0.1) is 0 Å². The summed E-state index contributed by atoms with van der Waals surface area (Å²) < 4.78 is 5.43. The Morgan fingerprint density at radius 3 is 2.62 bits per heavy atom. The largest absolute Gasteiger partial charge is 0.442 e. The highest BCUT2D eigenvalue weighted by Gasteiger charge is 2.37. The van der Waals surface area contributed by atoms with Crippen LogP contribution < -0.4 is 0 Å². The van der Waals surface area contributed by atoms with Crippen LogP contribution >= 0.6 is 0 Å². The molecule has 5 heteroatoms. The maximum Gasteiger partial charge on any atom is 0.181 e. The highest BCUT2D eigenvalue weighted by atomic mass is 16.3. The molecule has 4 aromatic rings. The zero-order valence-electron chi connectivity index (χ0n) is 14.0. The molecule has 0 amide bonds. The van der Waals surface area contributed by atoms with Crippen molar-refractivity contribution >= 4 is 6.08 Å². The van der Waals surface area contributed by atoms with Crippen LogP contribution in [-0.4, -0.2) is 20.2 Å². The van der Waals surface area contributed by atoms with Gasteiger partial charge in [0.2, 0.25) is 0 Å². The highest BCUT2D eigenvalue weighted by Crippen LogP contribution is 2.42. The molecule has 1 atom stereocenters. The van der Waals surface area contributed by atoms with Crippen molar-refractivity contribution in [1.82, 2.24) is 20.2 Å². The molecular weight excluding hydrogens is 324 g/mol. The Labute approximate surface area is 150 Å². The SMILES string of the molecule is C1=CC(c2ccccc2)(c2cccnc2)Cc2[nH]nc(-c3cnco3)c21. The lowest BCUT2D eigenvalue weighted by Crippen LogP contribution is -2.30. The van der Waals surface area contributed by atoms with Gasteiger partial charge in [-0.1, -0.05) is 48.6 Å². The average Bonchev–Trinajstić information content (AvgIpc) is 3.38. The second-order valence-electron chi connectivity index (χ2n) is 6.42. The van der Waals surface area contributed by atoms with Crippen LogP contribution in [0.4, 0.5) is 0 Å². The first-order valence-corrected chi connectivity index (χ1v) is 8.48. The molecule has 3 heterocycles. The van der Waals surface area contributed by atoms with Gasteiger partial charge in [-0.05, 0) is 17.2 Å². The van der Waals surface area contributed by atoms with E-state index in [9.17, 15) is 0 Å². The van der Waals surface area contributed by atoms with Crippen LogP contribution in [0.25, 0.3) is 17.5 Å². The second kappa shape index (κ2) is 5.81. The van der Waals surface area contributed by atoms with Crippen LogP contribution in [0.1, 0.15) is 22.4 Å². The first-order chi connectivity index (χ1) is 12.9. The van der Waals surface area contributed by atoms with Crippen LogP contribution in [0.2, 0.25) is 0 Å². The van der Waals surface area contributed by atoms with Crippen molar-refractivity contribution in [3.05, 3.63) is 95.9 Å². The molecule has 0 saturated carbocycles. The third-order valence-corrected chi connectivity index (χ3v) is 5.00. The summed E-state index contributed by atoms with van der Waals surface area (Å²) in [5, 5.41) is 7.67. The van der Waals surface area contributed by atoms with Crippen LogP contribution in [-0.2, 0) is 11.8 Å². The number of hydrogen-bond donors (Lipinski definition) is 1. The Morgan fingerprint density at radius 2 is 1.85 bits per heavy atom. The number of hydrogen-bond acceptors (Lipinski definition) is 4. The highest BCUT2D eigenvalue weighted by molar-refractivity contribution is 5.73. The van der Waals surface area contributed by atoms with Crippen molar-refractivity contribution in [2.24, 2.45) is 0 Å². The van der Waals surface area contributed by atoms with E-state index in [0.717, 1.165) is 28.9 Å². The molecule has 1 aliphatic rings. The minimum atomic E-state index is -0.284. The van der Waals surface area contributed by atoms with Crippen LogP contribution in [0, 0.1) is 0 Å². The van der Waals surface area contributed by atoms with Gasteiger partial charge in [0.15, 0.2) is 12.2 Å². The Morgan fingerprint density at radius 1 is 0.962 bits per heavy atom. The number of benzene rings is 1. The number of nitrogens with zero attached hydrogens (tertiary/aromatic N) is 3. The van der Waals surface area contributed by atoms with Crippen LogP contribution in [0.15, 0.2) is 77.9 Å².